The van der Waals surface area contributed by atoms with Crippen LogP contribution in [0.1, 0.15) is 67.7 Å². The van der Waals surface area contributed by atoms with Crippen LogP contribution in [0.3, 0.4) is 0 Å². The molecular weight excluding hydrogens is 532 g/mol. The molecule has 40 heavy (non-hydrogen) atoms. The van der Waals surface area contributed by atoms with Crippen molar-refractivity contribution in [2.45, 2.75) is 64.0 Å². The van der Waals surface area contributed by atoms with E-state index < -0.39 is 5.97 Å². The van der Waals surface area contributed by atoms with Crippen molar-refractivity contribution in [3.8, 4) is 11.5 Å². The van der Waals surface area contributed by atoms with Crippen LogP contribution in [0.5, 0.6) is 11.5 Å². The highest BCUT2D eigenvalue weighted by Gasteiger charge is 2.33. The van der Waals surface area contributed by atoms with Crippen LogP contribution in [0, 0.1) is 11.8 Å². The van der Waals surface area contributed by atoms with Crippen molar-refractivity contribution >= 4 is 29.4 Å². The molecule has 2 aliphatic carbocycles. The van der Waals surface area contributed by atoms with Crippen molar-refractivity contribution in [2.75, 3.05) is 26.8 Å². The van der Waals surface area contributed by atoms with Gasteiger partial charge >= 0.3 is 5.97 Å². The Morgan fingerprint density at radius 2 is 1.75 bits per heavy atom. The number of ether oxygens (including phenoxy) is 2. The first kappa shape index (κ1) is 28.4. The Kier molecular flexibility index (Phi) is 8.96. The van der Waals surface area contributed by atoms with E-state index in [0.717, 1.165) is 62.2 Å². The van der Waals surface area contributed by atoms with Crippen molar-refractivity contribution in [1.29, 1.82) is 0 Å². The lowest BCUT2D eigenvalue weighted by atomic mass is 9.81. The lowest BCUT2D eigenvalue weighted by Crippen LogP contribution is -2.34. The van der Waals surface area contributed by atoms with Gasteiger partial charge in [-0.1, -0.05) is 23.7 Å². The number of benzene rings is 2. The van der Waals surface area contributed by atoms with E-state index >= 15 is 0 Å². The SMILES string of the molecule is COc1cc(CN(CC2CCC(C(=O)O)CC2)[C@H]2CCc3cc(Cl)ccc32)ccc1OCCN1C(=O)CCC1=O. The number of imide groups is 1. The Balaban J connectivity index is 1.29. The standard InChI is InChI=1S/C31H37ClN2O6/c1-39-28-16-21(4-11-27(28)40-15-14-34-29(35)12-13-30(34)36)19-33(18-20-2-5-22(6-3-20)31(37)38)26-10-7-23-17-24(32)8-9-25(23)26/h4,8-9,11,16-17,20,22,26H,2-3,5-7,10,12-15,18-19H2,1H3,(H,37,38)/t20?,22?,26-/m0/s1. The molecule has 5 rings (SSSR count). The molecule has 0 bridgehead atoms. The maximum absolute atomic E-state index is 11.9. The van der Waals surface area contributed by atoms with Crippen LogP contribution in [0.4, 0.5) is 0 Å². The third-order valence-electron chi connectivity index (χ3n) is 8.62. The summed E-state index contributed by atoms with van der Waals surface area (Å²) in [7, 11) is 1.61. The Bertz CT molecular complexity index is 1240. The van der Waals surface area contributed by atoms with Gasteiger partial charge in [0.1, 0.15) is 6.61 Å². The molecule has 0 radical (unpaired) electrons. The molecule has 1 heterocycles. The summed E-state index contributed by atoms with van der Waals surface area (Å²) in [5.74, 6) is 0.434. The van der Waals surface area contributed by atoms with Crippen LogP contribution in [0.2, 0.25) is 5.02 Å². The number of aliphatic carboxylic acids is 1. The lowest BCUT2D eigenvalue weighted by molar-refractivity contribution is -0.143. The first-order valence-corrected chi connectivity index (χ1v) is 14.6. The van der Waals surface area contributed by atoms with E-state index in [4.69, 9.17) is 21.1 Å². The summed E-state index contributed by atoms with van der Waals surface area (Å²) in [6, 6.07) is 12.4. The van der Waals surface area contributed by atoms with Gasteiger partial charge in [0.2, 0.25) is 11.8 Å². The number of amides is 2. The summed E-state index contributed by atoms with van der Waals surface area (Å²) < 4.78 is 11.6. The van der Waals surface area contributed by atoms with Crippen molar-refractivity contribution in [1.82, 2.24) is 9.80 Å². The lowest BCUT2D eigenvalue weighted by Gasteiger charge is -2.35. The highest BCUT2D eigenvalue weighted by atomic mass is 35.5. The molecule has 1 aliphatic heterocycles. The van der Waals surface area contributed by atoms with Crippen molar-refractivity contribution in [3.05, 3.63) is 58.1 Å². The van der Waals surface area contributed by atoms with Gasteiger partial charge in [0.25, 0.3) is 0 Å². The molecule has 1 saturated carbocycles. The van der Waals surface area contributed by atoms with E-state index in [0.29, 0.717) is 17.4 Å². The average Bonchev–Trinajstić information content (AvgIpc) is 3.51. The van der Waals surface area contributed by atoms with E-state index in [1.54, 1.807) is 7.11 Å². The van der Waals surface area contributed by atoms with Crippen LogP contribution in [-0.2, 0) is 27.3 Å². The van der Waals surface area contributed by atoms with Crippen molar-refractivity contribution in [3.63, 3.8) is 0 Å². The van der Waals surface area contributed by atoms with Gasteiger partial charge in [-0.3, -0.25) is 24.2 Å². The molecule has 2 amide bonds. The molecule has 0 aromatic heterocycles. The van der Waals surface area contributed by atoms with Gasteiger partial charge in [-0.05, 0) is 85.4 Å². The minimum absolute atomic E-state index is 0.150. The Labute approximate surface area is 240 Å². The first-order valence-electron chi connectivity index (χ1n) is 14.2. The zero-order valence-electron chi connectivity index (χ0n) is 22.9. The third-order valence-corrected chi connectivity index (χ3v) is 8.86. The summed E-state index contributed by atoms with van der Waals surface area (Å²) in [5.41, 5.74) is 3.71. The molecule has 2 aromatic carbocycles. The number of carboxylic acids is 1. The number of rotatable bonds is 11. The van der Waals surface area contributed by atoms with Gasteiger partial charge in [-0.25, -0.2) is 0 Å². The molecule has 1 atom stereocenters. The fraction of sp³-hybridized carbons (Fsp3) is 0.516. The molecule has 2 fully saturated rings. The number of carboxylic acid groups (broad SMARTS) is 1. The maximum atomic E-state index is 11.9. The molecule has 3 aliphatic rings. The van der Waals surface area contributed by atoms with Gasteiger partial charge in [0, 0.05) is 37.0 Å². The quantitative estimate of drug-likeness (QED) is 0.369. The highest BCUT2D eigenvalue weighted by molar-refractivity contribution is 6.30. The zero-order chi connectivity index (χ0) is 28.2. The topological polar surface area (TPSA) is 96.4 Å². The smallest absolute Gasteiger partial charge is 0.306 e. The van der Waals surface area contributed by atoms with E-state index in [9.17, 15) is 19.5 Å². The summed E-state index contributed by atoms with van der Waals surface area (Å²) in [6.45, 7) is 2.06. The summed E-state index contributed by atoms with van der Waals surface area (Å²) >= 11 is 6.29. The maximum Gasteiger partial charge on any atom is 0.306 e. The van der Waals surface area contributed by atoms with Gasteiger partial charge in [0.15, 0.2) is 11.5 Å². The fourth-order valence-electron chi connectivity index (χ4n) is 6.45. The molecule has 9 heteroatoms. The predicted molar refractivity (Wildman–Crippen MR) is 150 cm³/mol. The Morgan fingerprint density at radius 1 is 1.00 bits per heavy atom. The van der Waals surface area contributed by atoms with Crippen LogP contribution in [-0.4, -0.2) is 59.5 Å². The Morgan fingerprint density at radius 3 is 2.45 bits per heavy atom. The summed E-state index contributed by atoms with van der Waals surface area (Å²) in [5, 5.41) is 10.2. The number of halogens is 1. The van der Waals surface area contributed by atoms with E-state index in [1.165, 1.54) is 16.0 Å². The highest BCUT2D eigenvalue weighted by Crippen LogP contribution is 2.40. The number of hydrogen-bond acceptors (Lipinski definition) is 6. The number of methoxy groups -OCH3 is 1. The van der Waals surface area contributed by atoms with Gasteiger partial charge in [0.05, 0.1) is 19.6 Å². The zero-order valence-corrected chi connectivity index (χ0v) is 23.7. The summed E-state index contributed by atoms with van der Waals surface area (Å²) in [6.07, 6.45) is 5.86. The summed E-state index contributed by atoms with van der Waals surface area (Å²) in [4.78, 5) is 39.0. The van der Waals surface area contributed by atoms with Crippen LogP contribution < -0.4 is 9.47 Å². The van der Waals surface area contributed by atoms with E-state index in [-0.39, 0.29) is 49.8 Å². The fourth-order valence-corrected chi connectivity index (χ4v) is 6.65. The number of fused-ring (bicyclic) bond motifs is 1. The minimum Gasteiger partial charge on any atom is -0.493 e. The van der Waals surface area contributed by atoms with Crippen LogP contribution >= 0.6 is 11.6 Å². The monoisotopic (exact) mass is 568 g/mol. The van der Waals surface area contributed by atoms with Gasteiger partial charge in [-0.2, -0.15) is 0 Å². The third kappa shape index (κ3) is 6.44. The predicted octanol–water partition coefficient (Wildman–Crippen LogP) is 5.26. The van der Waals surface area contributed by atoms with Crippen molar-refractivity contribution in [2.24, 2.45) is 11.8 Å². The van der Waals surface area contributed by atoms with Gasteiger partial charge in [-0.15, -0.1) is 0 Å². The molecule has 2 aromatic rings. The minimum atomic E-state index is -0.676. The first-order chi connectivity index (χ1) is 19.3. The van der Waals surface area contributed by atoms with E-state index in [1.807, 2.05) is 24.3 Å². The second-order valence-corrected chi connectivity index (χ2v) is 11.6. The average molecular weight is 569 g/mol. The normalized spacial score (nSPS) is 22.6. The second-order valence-electron chi connectivity index (χ2n) is 11.2. The molecule has 8 nitrogen and oxygen atoms in total. The van der Waals surface area contributed by atoms with Crippen LogP contribution in [0.15, 0.2) is 36.4 Å². The van der Waals surface area contributed by atoms with Crippen molar-refractivity contribution < 1.29 is 29.0 Å². The largest absolute Gasteiger partial charge is 0.493 e. The number of likely N-dealkylation sites (tertiary alicyclic amines) is 1. The molecule has 0 unspecified atom stereocenters. The number of carbonyl (C=O) groups excluding carboxylic acids is 2. The molecule has 0 spiro atoms. The number of nitrogens with zero attached hydrogens (tertiary/aromatic N) is 2. The van der Waals surface area contributed by atoms with Gasteiger partial charge < -0.3 is 14.6 Å². The van der Waals surface area contributed by atoms with E-state index in [2.05, 4.69) is 17.0 Å². The molecular formula is C31H37ClN2O6. The molecule has 1 saturated heterocycles. The number of carbonyl (C=O) groups is 3. The molecule has 1 N–H and O–H groups in total. The Hall–Kier alpha value is -3.10. The van der Waals surface area contributed by atoms with Crippen LogP contribution in [0.25, 0.3) is 0 Å². The second kappa shape index (κ2) is 12.6. The molecule has 214 valence electrons. The number of aryl methyl sites for hydroxylation is 1. The number of hydrogen-bond donors (Lipinski definition) is 1.